The zero-order valence-corrected chi connectivity index (χ0v) is 11.8. The average Bonchev–Trinajstić information content (AvgIpc) is 2.90. The summed E-state index contributed by atoms with van der Waals surface area (Å²) in [6.07, 6.45) is 0.985. The first kappa shape index (κ1) is 12.9. The van der Waals surface area contributed by atoms with Gasteiger partial charge in [-0.1, -0.05) is 37.3 Å². The number of anilines is 2. The van der Waals surface area contributed by atoms with Gasteiger partial charge in [0, 0.05) is 13.1 Å². The minimum Gasteiger partial charge on any atom is -0.491 e. The number of benzene rings is 2. The standard InChI is InChI=1S/C17H20N2O/c1-2-10-20-16-9-5-8-15(17(16)18)19-11-13-6-3-4-7-14(13)12-19/h3-9H,2,10-12,18H2,1H3. The topological polar surface area (TPSA) is 38.5 Å². The van der Waals surface area contributed by atoms with Gasteiger partial charge < -0.3 is 15.4 Å². The second kappa shape index (κ2) is 5.45. The zero-order chi connectivity index (χ0) is 13.9. The van der Waals surface area contributed by atoms with Crippen LogP contribution in [0, 0.1) is 0 Å². The molecule has 0 fully saturated rings. The predicted molar refractivity (Wildman–Crippen MR) is 83.0 cm³/mol. The van der Waals surface area contributed by atoms with E-state index in [-0.39, 0.29) is 0 Å². The minimum atomic E-state index is 0.702. The molecular formula is C17H20N2O. The molecule has 3 rings (SSSR count). The van der Waals surface area contributed by atoms with Crippen LogP contribution in [-0.4, -0.2) is 6.61 Å². The third-order valence-corrected chi connectivity index (χ3v) is 3.69. The summed E-state index contributed by atoms with van der Waals surface area (Å²) in [6, 6.07) is 14.6. The van der Waals surface area contributed by atoms with E-state index < -0.39 is 0 Å². The molecule has 0 aliphatic carbocycles. The molecule has 1 heterocycles. The van der Waals surface area contributed by atoms with Crippen molar-refractivity contribution in [2.24, 2.45) is 0 Å². The molecule has 0 amide bonds. The van der Waals surface area contributed by atoms with E-state index in [9.17, 15) is 0 Å². The number of rotatable bonds is 4. The Hall–Kier alpha value is -2.16. The Balaban J connectivity index is 1.85. The van der Waals surface area contributed by atoms with Crippen LogP contribution in [0.4, 0.5) is 11.4 Å². The van der Waals surface area contributed by atoms with Gasteiger partial charge in [0.15, 0.2) is 0 Å². The number of nitrogens with zero attached hydrogens (tertiary/aromatic N) is 1. The number of hydrogen-bond donors (Lipinski definition) is 1. The molecule has 1 aliphatic rings. The van der Waals surface area contributed by atoms with Crippen molar-refractivity contribution in [3.8, 4) is 5.75 Å². The van der Waals surface area contributed by atoms with Gasteiger partial charge in [0.2, 0.25) is 0 Å². The summed E-state index contributed by atoms with van der Waals surface area (Å²) in [5.41, 5.74) is 10.8. The third-order valence-electron chi connectivity index (χ3n) is 3.69. The molecule has 0 atom stereocenters. The number of ether oxygens (including phenoxy) is 1. The highest BCUT2D eigenvalue weighted by atomic mass is 16.5. The van der Waals surface area contributed by atoms with E-state index in [1.54, 1.807) is 0 Å². The van der Waals surface area contributed by atoms with E-state index in [0.717, 1.165) is 36.6 Å². The molecule has 0 aromatic heterocycles. The minimum absolute atomic E-state index is 0.702. The van der Waals surface area contributed by atoms with E-state index in [4.69, 9.17) is 10.5 Å². The monoisotopic (exact) mass is 268 g/mol. The lowest BCUT2D eigenvalue weighted by Crippen LogP contribution is -2.16. The Labute approximate surface area is 120 Å². The molecular weight excluding hydrogens is 248 g/mol. The van der Waals surface area contributed by atoms with Gasteiger partial charge in [-0.25, -0.2) is 0 Å². The Morgan fingerprint density at radius 1 is 1.05 bits per heavy atom. The molecule has 2 N–H and O–H groups in total. The smallest absolute Gasteiger partial charge is 0.144 e. The molecule has 1 aliphatic heterocycles. The summed E-state index contributed by atoms with van der Waals surface area (Å²) in [4.78, 5) is 2.30. The molecule has 0 spiro atoms. The van der Waals surface area contributed by atoms with Crippen LogP contribution in [0.25, 0.3) is 0 Å². The molecule has 0 unspecified atom stereocenters. The zero-order valence-electron chi connectivity index (χ0n) is 11.8. The molecule has 0 saturated carbocycles. The lowest BCUT2D eigenvalue weighted by Gasteiger charge is -2.21. The van der Waals surface area contributed by atoms with Gasteiger partial charge >= 0.3 is 0 Å². The summed E-state index contributed by atoms with van der Waals surface area (Å²) in [7, 11) is 0. The van der Waals surface area contributed by atoms with Gasteiger partial charge in [0.05, 0.1) is 18.0 Å². The van der Waals surface area contributed by atoms with Crippen molar-refractivity contribution >= 4 is 11.4 Å². The van der Waals surface area contributed by atoms with Gasteiger partial charge in [-0.2, -0.15) is 0 Å². The summed E-state index contributed by atoms with van der Waals surface area (Å²) in [6.45, 7) is 4.63. The summed E-state index contributed by atoms with van der Waals surface area (Å²) in [5.74, 6) is 0.792. The maximum absolute atomic E-state index is 6.27. The summed E-state index contributed by atoms with van der Waals surface area (Å²) < 4.78 is 5.71. The van der Waals surface area contributed by atoms with Crippen LogP contribution < -0.4 is 15.4 Å². The van der Waals surface area contributed by atoms with E-state index in [1.807, 2.05) is 12.1 Å². The van der Waals surface area contributed by atoms with E-state index >= 15 is 0 Å². The molecule has 0 radical (unpaired) electrons. The van der Waals surface area contributed by atoms with Crippen molar-refractivity contribution in [1.82, 2.24) is 0 Å². The van der Waals surface area contributed by atoms with Crippen LogP contribution in [-0.2, 0) is 13.1 Å². The predicted octanol–water partition coefficient (Wildman–Crippen LogP) is 3.58. The van der Waals surface area contributed by atoms with Crippen molar-refractivity contribution < 1.29 is 4.74 Å². The highest BCUT2D eigenvalue weighted by molar-refractivity contribution is 5.74. The first-order chi connectivity index (χ1) is 9.79. The fourth-order valence-electron chi connectivity index (χ4n) is 2.65. The van der Waals surface area contributed by atoms with Crippen molar-refractivity contribution in [1.29, 1.82) is 0 Å². The number of fused-ring (bicyclic) bond motifs is 1. The fourth-order valence-corrected chi connectivity index (χ4v) is 2.65. The van der Waals surface area contributed by atoms with Crippen LogP contribution in [0.5, 0.6) is 5.75 Å². The van der Waals surface area contributed by atoms with Crippen molar-refractivity contribution in [2.75, 3.05) is 17.2 Å². The lowest BCUT2D eigenvalue weighted by molar-refractivity contribution is 0.319. The van der Waals surface area contributed by atoms with Crippen molar-refractivity contribution in [3.05, 3.63) is 53.6 Å². The third kappa shape index (κ3) is 2.31. The largest absolute Gasteiger partial charge is 0.491 e. The van der Waals surface area contributed by atoms with E-state index in [1.165, 1.54) is 11.1 Å². The van der Waals surface area contributed by atoms with Gasteiger partial charge in [0.25, 0.3) is 0 Å². The maximum Gasteiger partial charge on any atom is 0.144 e. The van der Waals surface area contributed by atoms with Crippen LogP contribution in [0.3, 0.4) is 0 Å². The molecule has 3 nitrogen and oxygen atoms in total. The Morgan fingerprint density at radius 2 is 1.75 bits per heavy atom. The molecule has 0 bridgehead atoms. The SMILES string of the molecule is CCCOc1cccc(N2Cc3ccccc3C2)c1N. The van der Waals surface area contributed by atoms with Crippen molar-refractivity contribution in [2.45, 2.75) is 26.4 Å². The van der Waals surface area contributed by atoms with Crippen LogP contribution in [0.1, 0.15) is 24.5 Å². The van der Waals surface area contributed by atoms with Crippen LogP contribution in [0.15, 0.2) is 42.5 Å². The van der Waals surface area contributed by atoms with Crippen LogP contribution in [0.2, 0.25) is 0 Å². The fraction of sp³-hybridized carbons (Fsp3) is 0.294. The summed E-state index contributed by atoms with van der Waals surface area (Å²) >= 11 is 0. The maximum atomic E-state index is 6.27. The first-order valence-electron chi connectivity index (χ1n) is 7.12. The lowest BCUT2D eigenvalue weighted by atomic mass is 10.1. The quantitative estimate of drug-likeness (QED) is 0.861. The Morgan fingerprint density at radius 3 is 2.40 bits per heavy atom. The average molecular weight is 268 g/mol. The van der Waals surface area contributed by atoms with Crippen LogP contribution >= 0.6 is 0 Å². The van der Waals surface area contributed by atoms with Gasteiger partial charge in [-0.15, -0.1) is 0 Å². The highest BCUT2D eigenvalue weighted by Crippen LogP contribution is 2.36. The second-order valence-electron chi connectivity index (χ2n) is 5.16. The molecule has 0 saturated heterocycles. The van der Waals surface area contributed by atoms with Gasteiger partial charge in [-0.3, -0.25) is 0 Å². The summed E-state index contributed by atoms with van der Waals surface area (Å²) in [5, 5.41) is 0. The van der Waals surface area contributed by atoms with Gasteiger partial charge in [-0.05, 0) is 29.7 Å². The van der Waals surface area contributed by atoms with Gasteiger partial charge in [0.1, 0.15) is 5.75 Å². The Bertz CT molecular complexity index is 585. The number of para-hydroxylation sites is 1. The van der Waals surface area contributed by atoms with Crippen molar-refractivity contribution in [3.63, 3.8) is 0 Å². The Kier molecular flexibility index (Phi) is 3.50. The first-order valence-corrected chi connectivity index (χ1v) is 7.12. The molecule has 3 heteroatoms. The second-order valence-corrected chi connectivity index (χ2v) is 5.16. The molecule has 2 aromatic carbocycles. The normalized spacial score (nSPS) is 13.3. The van der Waals surface area contributed by atoms with E-state index in [0.29, 0.717) is 6.61 Å². The molecule has 104 valence electrons. The number of hydrogen-bond acceptors (Lipinski definition) is 3. The van der Waals surface area contributed by atoms with E-state index in [2.05, 4.69) is 42.2 Å². The molecule has 20 heavy (non-hydrogen) atoms. The number of nitrogens with two attached hydrogens (primary N) is 1. The highest BCUT2D eigenvalue weighted by Gasteiger charge is 2.21. The number of nitrogen functional groups attached to an aromatic ring is 1. The molecule has 2 aromatic rings.